The van der Waals surface area contributed by atoms with Crippen LogP contribution in [0.4, 0.5) is 0 Å². The van der Waals surface area contributed by atoms with Crippen LogP contribution in [0, 0.1) is 0 Å². The SMILES string of the molecule is CCC(O)C1(C2(O)OC(=O)CCCCC(=O)O2)OC(=O)CCCCC(=O)O1. The predicted octanol–water partition coefficient (Wildman–Crippen LogP) is 0.420. The Bertz CT molecular complexity index is 559. The molecule has 10 heteroatoms. The number of aliphatic hydroxyl groups excluding tert-OH is 1. The van der Waals surface area contributed by atoms with E-state index >= 15 is 0 Å². The van der Waals surface area contributed by atoms with Gasteiger partial charge in [0.05, 0.1) is 0 Å². The van der Waals surface area contributed by atoms with Crippen molar-refractivity contribution in [3.05, 3.63) is 0 Å². The van der Waals surface area contributed by atoms with Gasteiger partial charge in [0.2, 0.25) is 0 Å². The highest BCUT2D eigenvalue weighted by molar-refractivity contribution is 5.75. The maximum Gasteiger partial charge on any atom is 0.459 e. The van der Waals surface area contributed by atoms with Crippen LogP contribution in [-0.4, -0.2) is 52.0 Å². The molecule has 0 aromatic rings. The molecule has 1 atom stereocenters. The minimum absolute atomic E-state index is 0.132. The van der Waals surface area contributed by atoms with E-state index in [4.69, 9.17) is 18.9 Å². The van der Waals surface area contributed by atoms with E-state index in [1.165, 1.54) is 6.92 Å². The highest BCUT2D eigenvalue weighted by atomic mass is 16.9. The van der Waals surface area contributed by atoms with Gasteiger partial charge >= 0.3 is 35.6 Å². The van der Waals surface area contributed by atoms with Gasteiger partial charge in [-0.3, -0.25) is 19.2 Å². The normalized spacial score (nSPS) is 25.0. The van der Waals surface area contributed by atoms with E-state index in [1.807, 2.05) is 0 Å². The molecular formula is C17H24O10. The molecule has 0 spiro atoms. The van der Waals surface area contributed by atoms with E-state index < -0.39 is 41.7 Å². The third-order valence-electron chi connectivity index (χ3n) is 4.32. The molecule has 0 aromatic carbocycles. The second kappa shape index (κ2) is 8.66. The van der Waals surface area contributed by atoms with Gasteiger partial charge in [-0.25, -0.2) is 0 Å². The number of carbonyl (C=O) groups excluding carboxylic acids is 4. The van der Waals surface area contributed by atoms with E-state index in [-0.39, 0.29) is 32.1 Å². The third kappa shape index (κ3) is 4.75. The molecule has 0 aliphatic carbocycles. The number of ether oxygens (including phenoxy) is 4. The Balaban J connectivity index is 2.56. The molecular weight excluding hydrogens is 364 g/mol. The summed E-state index contributed by atoms with van der Waals surface area (Å²) in [6.45, 7) is 1.45. The number of aliphatic hydroxyl groups is 2. The number of hydrogen-bond donors (Lipinski definition) is 2. The lowest BCUT2D eigenvalue weighted by Crippen LogP contribution is -2.68. The minimum Gasteiger partial charge on any atom is -0.410 e. The van der Waals surface area contributed by atoms with Crippen molar-refractivity contribution in [1.82, 2.24) is 0 Å². The zero-order valence-corrected chi connectivity index (χ0v) is 15.1. The summed E-state index contributed by atoms with van der Waals surface area (Å²) in [6.07, 6.45) is -1.38. The van der Waals surface area contributed by atoms with Crippen molar-refractivity contribution in [2.45, 2.75) is 82.6 Å². The van der Waals surface area contributed by atoms with E-state index in [1.54, 1.807) is 0 Å². The lowest BCUT2D eigenvalue weighted by molar-refractivity contribution is -0.458. The monoisotopic (exact) mass is 388 g/mol. The zero-order valence-electron chi connectivity index (χ0n) is 15.1. The first-order valence-electron chi connectivity index (χ1n) is 9.00. The van der Waals surface area contributed by atoms with Crippen molar-refractivity contribution in [1.29, 1.82) is 0 Å². The predicted molar refractivity (Wildman–Crippen MR) is 85.3 cm³/mol. The topological polar surface area (TPSA) is 146 Å². The van der Waals surface area contributed by atoms with Crippen LogP contribution in [0.3, 0.4) is 0 Å². The number of rotatable bonds is 3. The molecule has 2 aliphatic heterocycles. The molecule has 1 unspecified atom stereocenters. The molecule has 0 amide bonds. The molecule has 2 heterocycles. The third-order valence-corrected chi connectivity index (χ3v) is 4.32. The average molecular weight is 388 g/mol. The highest BCUT2D eigenvalue weighted by Gasteiger charge is 2.69. The summed E-state index contributed by atoms with van der Waals surface area (Å²) in [7, 11) is 0. The van der Waals surface area contributed by atoms with Crippen LogP contribution in [0.2, 0.25) is 0 Å². The van der Waals surface area contributed by atoms with Gasteiger partial charge in [0.1, 0.15) is 6.10 Å². The Morgan fingerprint density at radius 3 is 1.44 bits per heavy atom. The van der Waals surface area contributed by atoms with Crippen LogP contribution in [0.15, 0.2) is 0 Å². The van der Waals surface area contributed by atoms with E-state index in [0.717, 1.165) is 0 Å². The summed E-state index contributed by atoms with van der Waals surface area (Å²) in [5.74, 6) is -10.0. The van der Waals surface area contributed by atoms with Gasteiger partial charge in [-0.15, -0.1) is 0 Å². The van der Waals surface area contributed by atoms with E-state index in [0.29, 0.717) is 25.7 Å². The van der Waals surface area contributed by atoms with Gasteiger partial charge in [-0.2, -0.15) is 0 Å². The molecule has 2 aliphatic rings. The van der Waals surface area contributed by atoms with Crippen molar-refractivity contribution >= 4 is 23.9 Å². The van der Waals surface area contributed by atoms with Gasteiger partial charge in [0, 0.05) is 25.7 Å². The molecule has 0 aromatic heterocycles. The molecule has 152 valence electrons. The van der Waals surface area contributed by atoms with Crippen LogP contribution in [-0.2, 0) is 38.1 Å². The number of hydrogen-bond acceptors (Lipinski definition) is 10. The van der Waals surface area contributed by atoms with Crippen molar-refractivity contribution < 1.29 is 48.3 Å². The standard InChI is InChI=1S/C17H24O10/c1-2-11(18)16(24-12(19)7-3-4-8-13(20)25-16)17(23)26-14(21)9-5-6-10-15(22)27-17/h11,18,23H,2-10H2,1H3. The second-order valence-corrected chi connectivity index (χ2v) is 6.48. The van der Waals surface area contributed by atoms with E-state index in [9.17, 15) is 29.4 Å². The number of esters is 4. The maximum atomic E-state index is 12.2. The van der Waals surface area contributed by atoms with Crippen LogP contribution in [0.5, 0.6) is 0 Å². The highest BCUT2D eigenvalue weighted by Crippen LogP contribution is 2.38. The molecule has 0 saturated carbocycles. The molecule has 2 rings (SSSR count). The summed E-state index contributed by atoms with van der Waals surface area (Å²) >= 11 is 0. The summed E-state index contributed by atoms with van der Waals surface area (Å²) in [4.78, 5) is 48.5. The first-order chi connectivity index (χ1) is 12.7. The Labute approximate surface area is 155 Å². The fourth-order valence-electron chi connectivity index (χ4n) is 2.86. The Hall–Kier alpha value is -2.20. The molecule has 0 bridgehead atoms. The summed E-state index contributed by atoms with van der Waals surface area (Å²) in [5, 5.41) is 21.5. The van der Waals surface area contributed by atoms with Crippen molar-refractivity contribution in [2.75, 3.05) is 0 Å². The number of carbonyl (C=O) groups is 4. The summed E-state index contributed by atoms with van der Waals surface area (Å²) in [6, 6.07) is 0. The number of cyclic esters (lactones) is 4. The molecule has 2 N–H and O–H groups in total. The lowest BCUT2D eigenvalue weighted by atomic mass is 10.0. The quantitative estimate of drug-likeness (QED) is 0.652. The fraction of sp³-hybridized carbons (Fsp3) is 0.765. The van der Waals surface area contributed by atoms with E-state index in [2.05, 4.69) is 0 Å². The van der Waals surface area contributed by atoms with Crippen molar-refractivity contribution in [3.63, 3.8) is 0 Å². The van der Waals surface area contributed by atoms with Crippen LogP contribution in [0.1, 0.15) is 64.7 Å². The molecule has 10 nitrogen and oxygen atoms in total. The van der Waals surface area contributed by atoms with Crippen molar-refractivity contribution in [3.8, 4) is 0 Å². The Morgan fingerprint density at radius 2 is 1.11 bits per heavy atom. The first kappa shape index (κ1) is 21.1. The Morgan fingerprint density at radius 1 is 0.778 bits per heavy atom. The van der Waals surface area contributed by atoms with Crippen LogP contribution >= 0.6 is 0 Å². The zero-order chi connectivity index (χ0) is 20.1. The fourth-order valence-corrected chi connectivity index (χ4v) is 2.86. The maximum absolute atomic E-state index is 12.2. The van der Waals surface area contributed by atoms with Gasteiger partial charge in [-0.05, 0) is 32.1 Å². The summed E-state index contributed by atoms with van der Waals surface area (Å²) in [5.41, 5.74) is 0. The van der Waals surface area contributed by atoms with Gasteiger partial charge in [-0.1, -0.05) is 6.92 Å². The van der Waals surface area contributed by atoms with Crippen LogP contribution < -0.4 is 0 Å². The molecule has 2 saturated heterocycles. The molecule has 2 fully saturated rings. The van der Waals surface area contributed by atoms with Gasteiger partial charge in [0.25, 0.3) is 0 Å². The summed E-state index contributed by atoms with van der Waals surface area (Å²) < 4.78 is 20.0. The largest absolute Gasteiger partial charge is 0.459 e. The Kier molecular flexibility index (Phi) is 6.77. The smallest absolute Gasteiger partial charge is 0.410 e. The molecule has 27 heavy (non-hydrogen) atoms. The lowest BCUT2D eigenvalue weighted by Gasteiger charge is -2.43. The average Bonchev–Trinajstić information content (AvgIpc) is 2.71. The van der Waals surface area contributed by atoms with Crippen molar-refractivity contribution in [2.24, 2.45) is 0 Å². The van der Waals surface area contributed by atoms with Crippen LogP contribution in [0.25, 0.3) is 0 Å². The molecule has 0 radical (unpaired) electrons. The van der Waals surface area contributed by atoms with Gasteiger partial charge in [0.15, 0.2) is 0 Å². The minimum atomic E-state index is -3.32. The van der Waals surface area contributed by atoms with Gasteiger partial charge < -0.3 is 29.2 Å². The second-order valence-electron chi connectivity index (χ2n) is 6.48. The first-order valence-corrected chi connectivity index (χ1v) is 9.00.